The van der Waals surface area contributed by atoms with Crippen LogP contribution >= 0.6 is 0 Å². The summed E-state index contributed by atoms with van der Waals surface area (Å²) in [6, 6.07) is 5.91. The largest absolute Gasteiger partial charge is 0.480 e. The second kappa shape index (κ2) is 8.88. The molecule has 2 rings (SSSR count). The molecule has 148 valence electrons. The molecule has 0 atom stereocenters. The van der Waals surface area contributed by atoms with Crippen LogP contribution in [0.25, 0.3) is 0 Å². The predicted molar refractivity (Wildman–Crippen MR) is 91.2 cm³/mol. The summed E-state index contributed by atoms with van der Waals surface area (Å²) in [6.07, 6.45) is -3.14. The smallest absolute Gasteiger partial charge is 0.391 e. The number of hydrogen-bond acceptors (Lipinski definition) is 3. The predicted octanol–water partition coefficient (Wildman–Crippen LogP) is 3.20. The van der Waals surface area contributed by atoms with Crippen LogP contribution in [0.15, 0.2) is 24.3 Å². The van der Waals surface area contributed by atoms with Gasteiger partial charge in [-0.1, -0.05) is 0 Å². The summed E-state index contributed by atoms with van der Waals surface area (Å²) < 4.78 is 38.0. The van der Waals surface area contributed by atoms with Crippen LogP contribution in [-0.4, -0.2) is 35.6 Å². The van der Waals surface area contributed by atoms with E-state index in [1.54, 1.807) is 0 Å². The number of halogens is 3. The van der Waals surface area contributed by atoms with Crippen molar-refractivity contribution in [3.05, 3.63) is 29.8 Å². The first kappa shape index (κ1) is 20.7. The number of rotatable bonds is 6. The van der Waals surface area contributed by atoms with Crippen molar-refractivity contribution in [2.75, 3.05) is 11.9 Å². The van der Waals surface area contributed by atoms with E-state index in [9.17, 15) is 27.6 Å². The number of benzene rings is 1. The first-order valence-corrected chi connectivity index (χ1v) is 8.61. The van der Waals surface area contributed by atoms with Gasteiger partial charge in [-0.25, -0.2) is 0 Å². The van der Waals surface area contributed by atoms with Crippen LogP contribution in [0.5, 0.6) is 0 Å². The van der Waals surface area contributed by atoms with Crippen LogP contribution < -0.4 is 10.6 Å². The van der Waals surface area contributed by atoms with E-state index in [4.69, 9.17) is 5.11 Å². The SMILES string of the molecule is O=C(O)CNC(=O)c1ccc(NC(=O)CC2CCC(C(F)(F)F)CC2)cc1. The van der Waals surface area contributed by atoms with Crippen molar-refractivity contribution >= 4 is 23.5 Å². The molecule has 0 bridgehead atoms. The summed E-state index contributed by atoms with van der Waals surface area (Å²) in [6.45, 7) is -0.492. The van der Waals surface area contributed by atoms with Gasteiger partial charge in [-0.2, -0.15) is 13.2 Å². The van der Waals surface area contributed by atoms with Gasteiger partial charge in [0.15, 0.2) is 0 Å². The molecule has 6 nitrogen and oxygen atoms in total. The molecule has 1 fully saturated rings. The summed E-state index contributed by atoms with van der Waals surface area (Å²) in [4.78, 5) is 34.2. The van der Waals surface area contributed by atoms with E-state index >= 15 is 0 Å². The van der Waals surface area contributed by atoms with Gasteiger partial charge in [0.2, 0.25) is 5.91 Å². The van der Waals surface area contributed by atoms with Gasteiger partial charge in [-0.15, -0.1) is 0 Å². The third-order valence-electron chi connectivity index (χ3n) is 4.61. The molecule has 3 N–H and O–H groups in total. The minimum atomic E-state index is -4.16. The Labute approximate surface area is 154 Å². The molecule has 0 aromatic heterocycles. The molecule has 0 heterocycles. The van der Waals surface area contributed by atoms with E-state index in [0.717, 1.165) is 0 Å². The van der Waals surface area contributed by atoms with E-state index < -0.39 is 30.5 Å². The number of carbonyl (C=O) groups is 3. The van der Waals surface area contributed by atoms with Crippen LogP contribution in [0.4, 0.5) is 18.9 Å². The fourth-order valence-electron chi connectivity index (χ4n) is 3.13. The topological polar surface area (TPSA) is 95.5 Å². The Morgan fingerprint density at radius 1 is 1.04 bits per heavy atom. The normalized spacial score (nSPS) is 20.0. The third-order valence-corrected chi connectivity index (χ3v) is 4.61. The molecule has 1 aromatic carbocycles. The van der Waals surface area contributed by atoms with Crippen molar-refractivity contribution < 1.29 is 32.7 Å². The van der Waals surface area contributed by atoms with Gasteiger partial charge >= 0.3 is 12.1 Å². The molecular weight excluding hydrogens is 365 g/mol. The number of alkyl halides is 3. The van der Waals surface area contributed by atoms with E-state index in [0.29, 0.717) is 18.5 Å². The molecule has 1 saturated carbocycles. The zero-order chi connectivity index (χ0) is 20.0. The van der Waals surface area contributed by atoms with Gasteiger partial charge in [-0.3, -0.25) is 14.4 Å². The lowest BCUT2D eigenvalue weighted by Gasteiger charge is -2.29. The number of carboxylic acid groups (broad SMARTS) is 1. The fourth-order valence-corrected chi connectivity index (χ4v) is 3.13. The zero-order valence-electron chi connectivity index (χ0n) is 14.5. The molecule has 1 aliphatic carbocycles. The van der Waals surface area contributed by atoms with Crippen molar-refractivity contribution in [3.63, 3.8) is 0 Å². The second-order valence-corrected chi connectivity index (χ2v) is 6.67. The molecule has 0 radical (unpaired) electrons. The fraction of sp³-hybridized carbons (Fsp3) is 0.500. The molecule has 27 heavy (non-hydrogen) atoms. The van der Waals surface area contributed by atoms with Crippen LogP contribution in [0, 0.1) is 11.8 Å². The number of nitrogens with one attached hydrogen (secondary N) is 2. The Morgan fingerprint density at radius 3 is 2.15 bits per heavy atom. The summed E-state index contributed by atoms with van der Waals surface area (Å²) in [5.41, 5.74) is 0.707. The quantitative estimate of drug-likeness (QED) is 0.700. The van der Waals surface area contributed by atoms with Crippen molar-refractivity contribution in [2.45, 2.75) is 38.3 Å². The highest BCUT2D eigenvalue weighted by molar-refractivity contribution is 5.97. The van der Waals surface area contributed by atoms with Gasteiger partial charge in [0.25, 0.3) is 5.91 Å². The highest BCUT2D eigenvalue weighted by Gasteiger charge is 2.41. The third kappa shape index (κ3) is 6.58. The van der Waals surface area contributed by atoms with E-state index in [-0.39, 0.29) is 36.7 Å². The number of aliphatic carboxylic acids is 1. The average molecular weight is 386 g/mol. The summed E-state index contributed by atoms with van der Waals surface area (Å²) in [5.74, 6) is -3.32. The van der Waals surface area contributed by atoms with Gasteiger partial charge in [-0.05, 0) is 55.9 Å². The summed E-state index contributed by atoms with van der Waals surface area (Å²) in [7, 11) is 0. The molecule has 0 unspecified atom stereocenters. The Morgan fingerprint density at radius 2 is 1.63 bits per heavy atom. The highest BCUT2D eigenvalue weighted by atomic mass is 19.4. The van der Waals surface area contributed by atoms with E-state index in [2.05, 4.69) is 10.6 Å². The maximum absolute atomic E-state index is 12.7. The van der Waals surface area contributed by atoms with Gasteiger partial charge in [0.05, 0.1) is 5.92 Å². The second-order valence-electron chi connectivity index (χ2n) is 6.67. The minimum absolute atomic E-state index is 0.0571. The summed E-state index contributed by atoms with van der Waals surface area (Å²) >= 11 is 0. The van der Waals surface area contributed by atoms with Crippen molar-refractivity contribution in [2.24, 2.45) is 11.8 Å². The molecule has 9 heteroatoms. The monoisotopic (exact) mass is 386 g/mol. The number of carbonyl (C=O) groups excluding carboxylic acids is 2. The van der Waals surface area contributed by atoms with Crippen molar-refractivity contribution in [1.29, 1.82) is 0 Å². The highest BCUT2D eigenvalue weighted by Crippen LogP contribution is 2.40. The maximum Gasteiger partial charge on any atom is 0.391 e. The van der Waals surface area contributed by atoms with Crippen LogP contribution in [0.1, 0.15) is 42.5 Å². The van der Waals surface area contributed by atoms with Crippen molar-refractivity contribution in [3.8, 4) is 0 Å². The van der Waals surface area contributed by atoms with Crippen LogP contribution in [0.2, 0.25) is 0 Å². The lowest BCUT2D eigenvalue weighted by molar-refractivity contribution is -0.184. The van der Waals surface area contributed by atoms with Gasteiger partial charge < -0.3 is 15.7 Å². The molecule has 2 amide bonds. The van der Waals surface area contributed by atoms with Gasteiger partial charge in [0.1, 0.15) is 6.54 Å². The standard InChI is InChI=1S/C18H21F3N2O4/c19-18(20,21)13-5-1-11(2-6-13)9-15(24)23-14-7-3-12(4-8-14)17(27)22-10-16(25)26/h3-4,7-8,11,13H,1-2,5-6,9-10H2,(H,22,27)(H,23,24)(H,25,26). The van der Waals surface area contributed by atoms with Crippen LogP contribution in [-0.2, 0) is 9.59 Å². The lowest BCUT2D eigenvalue weighted by Crippen LogP contribution is -2.29. The first-order valence-electron chi connectivity index (χ1n) is 8.61. The Hall–Kier alpha value is -2.58. The average Bonchev–Trinajstić information content (AvgIpc) is 2.60. The number of carboxylic acids is 1. The maximum atomic E-state index is 12.7. The van der Waals surface area contributed by atoms with E-state index in [1.165, 1.54) is 24.3 Å². The molecule has 1 aliphatic rings. The van der Waals surface area contributed by atoms with Crippen molar-refractivity contribution in [1.82, 2.24) is 5.32 Å². The molecule has 0 aliphatic heterocycles. The first-order chi connectivity index (χ1) is 12.6. The Kier molecular flexibility index (Phi) is 6.81. The molecule has 0 saturated heterocycles. The number of anilines is 1. The lowest BCUT2D eigenvalue weighted by atomic mass is 9.80. The molecule has 0 spiro atoms. The Balaban J connectivity index is 1.79. The molecule has 1 aromatic rings. The van der Waals surface area contributed by atoms with Gasteiger partial charge in [0, 0.05) is 17.7 Å². The minimum Gasteiger partial charge on any atom is -0.480 e. The number of hydrogen-bond donors (Lipinski definition) is 3. The molecular formula is C18H21F3N2O4. The number of amides is 2. The zero-order valence-corrected chi connectivity index (χ0v) is 14.5. The Bertz CT molecular complexity index is 681. The van der Waals surface area contributed by atoms with E-state index in [1.807, 2.05) is 0 Å². The van der Waals surface area contributed by atoms with Crippen LogP contribution in [0.3, 0.4) is 0 Å². The summed E-state index contributed by atoms with van der Waals surface area (Å²) in [5, 5.41) is 13.4.